The minimum Gasteiger partial charge on any atom is -0.348 e. The van der Waals surface area contributed by atoms with Gasteiger partial charge >= 0.3 is 0 Å². The second-order valence-electron chi connectivity index (χ2n) is 7.14. The molecule has 3 aromatic rings. The first-order chi connectivity index (χ1) is 12.3. The van der Waals surface area contributed by atoms with Crippen LogP contribution in [0.2, 0.25) is 0 Å². The summed E-state index contributed by atoms with van der Waals surface area (Å²) in [5, 5.41) is 14.5. The molecule has 0 saturated carbocycles. The van der Waals surface area contributed by atoms with Crippen LogP contribution in [-0.4, -0.2) is 37.9 Å². The minimum atomic E-state index is 0.426. The maximum Gasteiger partial charge on any atom is 0.185 e. The lowest BCUT2D eigenvalue weighted by atomic mass is 9.96. The molecule has 5 rings (SSSR count). The fraction of sp³-hybridized carbons (Fsp3) is 0.556. The zero-order valence-corrected chi connectivity index (χ0v) is 15.3. The summed E-state index contributed by atoms with van der Waals surface area (Å²) < 4.78 is 1.93. The van der Waals surface area contributed by atoms with Crippen LogP contribution >= 0.6 is 11.3 Å². The van der Waals surface area contributed by atoms with E-state index in [1.165, 1.54) is 41.4 Å². The molecule has 0 aromatic carbocycles. The highest BCUT2D eigenvalue weighted by Crippen LogP contribution is 2.35. The lowest BCUT2D eigenvalue weighted by Crippen LogP contribution is -2.33. The molecule has 1 aliphatic heterocycles. The molecule has 0 radical (unpaired) electrons. The quantitative estimate of drug-likeness (QED) is 0.707. The highest BCUT2D eigenvalue weighted by molar-refractivity contribution is 7.15. The molecular weight excluding hydrogens is 332 g/mol. The molecule has 130 valence electrons. The summed E-state index contributed by atoms with van der Waals surface area (Å²) in [6.45, 7) is 4.09. The first-order valence-corrected chi connectivity index (χ1v) is 10.0. The minimum absolute atomic E-state index is 0.426. The third-order valence-corrected chi connectivity index (χ3v) is 6.60. The van der Waals surface area contributed by atoms with Crippen LogP contribution in [0.3, 0.4) is 0 Å². The van der Waals surface area contributed by atoms with Gasteiger partial charge in [-0.2, -0.15) is 9.61 Å². The maximum absolute atomic E-state index is 4.92. The number of hydrogen-bond acceptors (Lipinski definition) is 6. The Morgan fingerprint density at radius 3 is 2.76 bits per heavy atom. The molecular formula is C18H22N6S. The number of aromatic nitrogens is 5. The van der Waals surface area contributed by atoms with Crippen LogP contribution in [-0.2, 0) is 12.8 Å². The first kappa shape index (κ1) is 15.3. The molecule has 1 saturated heterocycles. The van der Waals surface area contributed by atoms with Crippen LogP contribution in [0, 0.1) is 6.92 Å². The average Bonchev–Trinajstić information content (AvgIpc) is 3.25. The molecule has 0 N–H and O–H groups in total. The zero-order chi connectivity index (χ0) is 16.8. The van der Waals surface area contributed by atoms with Crippen LogP contribution in [0.25, 0.3) is 5.65 Å². The van der Waals surface area contributed by atoms with E-state index in [0.717, 1.165) is 43.1 Å². The Morgan fingerprint density at radius 2 is 1.92 bits per heavy atom. The third-order valence-electron chi connectivity index (χ3n) is 5.39. The molecule has 25 heavy (non-hydrogen) atoms. The Morgan fingerprint density at radius 1 is 1.08 bits per heavy atom. The molecule has 0 atom stereocenters. The highest BCUT2D eigenvalue weighted by atomic mass is 32.1. The van der Waals surface area contributed by atoms with E-state index in [-0.39, 0.29) is 0 Å². The summed E-state index contributed by atoms with van der Waals surface area (Å²) in [6.07, 6.45) is 7.17. The zero-order valence-electron chi connectivity index (χ0n) is 14.5. The highest BCUT2D eigenvalue weighted by Gasteiger charge is 2.27. The second kappa shape index (κ2) is 6.05. The van der Waals surface area contributed by atoms with Crippen LogP contribution in [0.1, 0.15) is 53.7 Å². The van der Waals surface area contributed by atoms with Crippen LogP contribution in [0.15, 0.2) is 12.1 Å². The average molecular weight is 354 g/mol. The van der Waals surface area contributed by atoms with E-state index in [9.17, 15) is 0 Å². The molecule has 7 heteroatoms. The molecule has 0 unspecified atom stereocenters. The third kappa shape index (κ3) is 2.70. The molecule has 0 amide bonds. The van der Waals surface area contributed by atoms with Gasteiger partial charge in [0, 0.05) is 23.9 Å². The van der Waals surface area contributed by atoms with E-state index < -0.39 is 0 Å². The van der Waals surface area contributed by atoms with E-state index >= 15 is 0 Å². The standard InChI is InChI=1S/C18H22N6S/c1-12-6-7-16-20-21-17(24(16)22-12)13-8-10-23(11-9-13)18-19-14-4-2-3-5-15(14)25-18/h6-7,13H,2-5,8-11H2,1H3. The van der Waals surface area contributed by atoms with Crippen LogP contribution < -0.4 is 4.90 Å². The summed E-state index contributed by atoms with van der Waals surface area (Å²) in [6, 6.07) is 3.98. The van der Waals surface area contributed by atoms with Crippen molar-refractivity contribution >= 4 is 22.1 Å². The molecule has 0 bridgehead atoms. The largest absolute Gasteiger partial charge is 0.348 e. The van der Waals surface area contributed by atoms with Gasteiger partial charge < -0.3 is 4.90 Å². The number of thiazole rings is 1. The van der Waals surface area contributed by atoms with Gasteiger partial charge in [-0.15, -0.1) is 21.5 Å². The van der Waals surface area contributed by atoms with Crippen molar-refractivity contribution in [3.05, 3.63) is 34.2 Å². The van der Waals surface area contributed by atoms with Crippen molar-refractivity contribution in [2.24, 2.45) is 0 Å². The normalized spacial score (nSPS) is 18.7. The molecule has 1 fully saturated rings. The van der Waals surface area contributed by atoms with Gasteiger partial charge in [-0.25, -0.2) is 4.98 Å². The number of hydrogen-bond donors (Lipinski definition) is 0. The number of aryl methyl sites for hydroxylation is 3. The fourth-order valence-corrected chi connectivity index (χ4v) is 5.15. The Kier molecular flexibility index (Phi) is 3.69. The van der Waals surface area contributed by atoms with Gasteiger partial charge in [0.25, 0.3) is 0 Å². The van der Waals surface area contributed by atoms with Gasteiger partial charge in [0.2, 0.25) is 0 Å². The Labute approximate surface area is 150 Å². The van der Waals surface area contributed by atoms with E-state index in [1.807, 2.05) is 34.9 Å². The molecule has 3 aromatic heterocycles. The van der Waals surface area contributed by atoms with Crippen LogP contribution in [0.4, 0.5) is 5.13 Å². The Balaban J connectivity index is 1.34. The maximum atomic E-state index is 4.92. The predicted octanol–water partition coefficient (Wildman–Crippen LogP) is 3.15. The van der Waals surface area contributed by atoms with Gasteiger partial charge in [-0.05, 0) is 57.6 Å². The van der Waals surface area contributed by atoms with Crippen molar-refractivity contribution in [2.75, 3.05) is 18.0 Å². The summed E-state index contributed by atoms with van der Waals surface area (Å²) in [4.78, 5) is 8.90. The Hall–Kier alpha value is -2.02. The molecule has 0 spiro atoms. The summed E-state index contributed by atoms with van der Waals surface area (Å²) >= 11 is 1.91. The van der Waals surface area contributed by atoms with Crippen molar-refractivity contribution in [1.29, 1.82) is 0 Å². The summed E-state index contributed by atoms with van der Waals surface area (Å²) in [7, 11) is 0. The van der Waals surface area contributed by atoms with Crippen molar-refractivity contribution in [2.45, 2.75) is 51.4 Å². The van der Waals surface area contributed by atoms with Crippen molar-refractivity contribution in [3.8, 4) is 0 Å². The molecule has 2 aliphatic rings. The topological polar surface area (TPSA) is 59.2 Å². The summed E-state index contributed by atoms with van der Waals surface area (Å²) in [5.41, 5.74) is 3.20. The van der Waals surface area contributed by atoms with E-state index in [0.29, 0.717) is 5.92 Å². The first-order valence-electron chi connectivity index (χ1n) is 9.20. The fourth-order valence-electron chi connectivity index (χ4n) is 3.95. The SMILES string of the molecule is Cc1ccc2nnc(C3CCN(c4nc5c(s4)CCCC5)CC3)n2n1. The van der Waals surface area contributed by atoms with Crippen LogP contribution in [0.5, 0.6) is 0 Å². The van der Waals surface area contributed by atoms with Gasteiger partial charge in [0.1, 0.15) is 0 Å². The van der Waals surface area contributed by atoms with E-state index in [1.54, 1.807) is 0 Å². The number of rotatable bonds is 2. The molecule has 4 heterocycles. The molecule has 1 aliphatic carbocycles. The van der Waals surface area contributed by atoms with Gasteiger partial charge in [0.15, 0.2) is 16.6 Å². The molecule has 6 nitrogen and oxygen atoms in total. The smallest absolute Gasteiger partial charge is 0.185 e. The lowest BCUT2D eigenvalue weighted by molar-refractivity contribution is 0.476. The van der Waals surface area contributed by atoms with Gasteiger partial charge in [-0.3, -0.25) is 0 Å². The monoisotopic (exact) mass is 354 g/mol. The number of piperidine rings is 1. The van der Waals surface area contributed by atoms with Gasteiger partial charge in [-0.1, -0.05) is 0 Å². The summed E-state index contributed by atoms with van der Waals surface area (Å²) in [5.74, 6) is 1.44. The van der Waals surface area contributed by atoms with E-state index in [2.05, 4.69) is 20.2 Å². The van der Waals surface area contributed by atoms with Gasteiger partial charge in [0.05, 0.1) is 11.4 Å². The predicted molar refractivity (Wildman–Crippen MR) is 98.5 cm³/mol. The van der Waals surface area contributed by atoms with Crippen molar-refractivity contribution in [3.63, 3.8) is 0 Å². The second-order valence-corrected chi connectivity index (χ2v) is 8.20. The number of nitrogens with zero attached hydrogens (tertiary/aromatic N) is 6. The van der Waals surface area contributed by atoms with Crippen molar-refractivity contribution in [1.82, 2.24) is 24.8 Å². The number of fused-ring (bicyclic) bond motifs is 2. The number of anilines is 1. The van der Waals surface area contributed by atoms with Crippen molar-refractivity contribution < 1.29 is 0 Å². The van der Waals surface area contributed by atoms with E-state index in [4.69, 9.17) is 4.98 Å². The Bertz CT molecular complexity index is 882. The lowest BCUT2D eigenvalue weighted by Gasteiger charge is -2.30.